The summed E-state index contributed by atoms with van der Waals surface area (Å²) in [4.78, 5) is 12.1. The van der Waals surface area contributed by atoms with Gasteiger partial charge in [-0.1, -0.05) is 11.2 Å². The number of hydrogen-bond donors (Lipinski definition) is 1. The summed E-state index contributed by atoms with van der Waals surface area (Å²) in [6.07, 6.45) is 5.49. The smallest absolute Gasteiger partial charge is 0.264 e. The van der Waals surface area contributed by atoms with Crippen LogP contribution in [-0.2, 0) is 28.6 Å². The number of aryl methyl sites for hydroxylation is 2. The molecule has 0 radical (unpaired) electrons. The van der Waals surface area contributed by atoms with Gasteiger partial charge in [0.1, 0.15) is 17.7 Å². The highest BCUT2D eigenvalue weighted by Crippen LogP contribution is 2.22. The molecule has 0 unspecified atom stereocenters. The summed E-state index contributed by atoms with van der Waals surface area (Å²) < 4.78 is 30.6. The zero-order valence-corrected chi connectivity index (χ0v) is 12.7. The summed E-state index contributed by atoms with van der Waals surface area (Å²) in [6, 6.07) is 6.82. The van der Waals surface area contributed by atoms with E-state index in [-0.39, 0.29) is 11.4 Å². The number of amides is 1. The van der Waals surface area contributed by atoms with Gasteiger partial charge in [-0.25, -0.2) is 13.1 Å². The van der Waals surface area contributed by atoms with E-state index >= 15 is 0 Å². The van der Waals surface area contributed by atoms with Crippen LogP contribution >= 0.6 is 0 Å². The number of rotatable bonds is 4. The lowest BCUT2D eigenvalue weighted by Crippen LogP contribution is -2.31. The predicted octanol–water partition coefficient (Wildman–Crippen LogP) is 1.81. The molecule has 116 valence electrons. The van der Waals surface area contributed by atoms with E-state index in [4.69, 9.17) is 0 Å². The van der Waals surface area contributed by atoms with E-state index in [0.717, 1.165) is 31.2 Å². The predicted molar refractivity (Wildman–Crippen MR) is 79.7 cm³/mol. The van der Waals surface area contributed by atoms with Crippen LogP contribution in [0.2, 0.25) is 0 Å². The second kappa shape index (κ2) is 5.92. The molecule has 1 aliphatic rings. The van der Waals surface area contributed by atoms with Gasteiger partial charge in [0.25, 0.3) is 5.91 Å². The van der Waals surface area contributed by atoms with Crippen molar-refractivity contribution >= 4 is 15.9 Å². The van der Waals surface area contributed by atoms with Crippen molar-refractivity contribution in [3.8, 4) is 0 Å². The standard InChI is InChI=1S/C15H16N2O4S/c18-15(17-22(19,20)10-14-7-8-21-16-14)13-6-5-11-3-1-2-4-12(11)9-13/h5-9H,1-4,10H2,(H,17,18). The molecular weight excluding hydrogens is 304 g/mol. The van der Waals surface area contributed by atoms with Gasteiger partial charge in [-0.05, 0) is 48.9 Å². The van der Waals surface area contributed by atoms with E-state index in [0.29, 0.717) is 5.56 Å². The van der Waals surface area contributed by atoms with Crippen molar-refractivity contribution < 1.29 is 17.7 Å². The van der Waals surface area contributed by atoms with Gasteiger partial charge in [0, 0.05) is 11.6 Å². The molecule has 7 heteroatoms. The molecule has 2 aromatic rings. The maximum atomic E-state index is 12.1. The third-order valence-electron chi connectivity index (χ3n) is 3.69. The first-order chi connectivity index (χ1) is 10.5. The summed E-state index contributed by atoms with van der Waals surface area (Å²) in [5.74, 6) is -1.00. The summed E-state index contributed by atoms with van der Waals surface area (Å²) in [6.45, 7) is 0. The van der Waals surface area contributed by atoms with Gasteiger partial charge in [0.05, 0.1) is 0 Å². The van der Waals surface area contributed by atoms with Gasteiger partial charge in [0.2, 0.25) is 10.0 Å². The average Bonchev–Trinajstić information content (AvgIpc) is 2.98. The molecule has 0 aliphatic heterocycles. The normalized spacial score (nSPS) is 14.4. The number of aromatic nitrogens is 1. The summed E-state index contributed by atoms with van der Waals surface area (Å²) in [7, 11) is -3.80. The van der Waals surface area contributed by atoms with Crippen molar-refractivity contribution in [2.45, 2.75) is 31.4 Å². The van der Waals surface area contributed by atoms with Gasteiger partial charge in [-0.15, -0.1) is 0 Å². The van der Waals surface area contributed by atoms with E-state index in [2.05, 4.69) is 14.4 Å². The lowest BCUT2D eigenvalue weighted by atomic mass is 9.90. The molecule has 0 spiro atoms. The van der Waals surface area contributed by atoms with Crippen LogP contribution in [-0.4, -0.2) is 19.5 Å². The largest absolute Gasteiger partial charge is 0.364 e. The highest BCUT2D eigenvalue weighted by atomic mass is 32.2. The Morgan fingerprint density at radius 1 is 1.18 bits per heavy atom. The second-order valence-electron chi connectivity index (χ2n) is 5.37. The van der Waals surface area contributed by atoms with Crippen molar-refractivity contribution in [3.63, 3.8) is 0 Å². The number of carbonyl (C=O) groups is 1. The van der Waals surface area contributed by atoms with Gasteiger partial charge in [0.15, 0.2) is 0 Å². The molecule has 0 fully saturated rings. The fourth-order valence-corrected chi connectivity index (χ4v) is 3.63. The van der Waals surface area contributed by atoms with Crippen molar-refractivity contribution in [1.29, 1.82) is 0 Å². The molecule has 0 saturated heterocycles. The number of fused-ring (bicyclic) bond motifs is 1. The molecule has 1 N–H and O–H groups in total. The van der Waals surface area contributed by atoms with Gasteiger partial charge in [-0.3, -0.25) is 4.79 Å². The van der Waals surface area contributed by atoms with Crippen LogP contribution in [0.15, 0.2) is 35.1 Å². The van der Waals surface area contributed by atoms with E-state index < -0.39 is 15.9 Å². The van der Waals surface area contributed by atoms with Crippen LogP contribution in [0.5, 0.6) is 0 Å². The number of benzene rings is 1. The average molecular weight is 320 g/mol. The van der Waals surface area contributed by atoms with Gasteiger partial charge < -0.3 is 4.52 Å². The van der Waals surface area contributed by atoms with Crippen LogP contribution in [0.1, 0.15) is 40.0 Å². The monoisotopic (exact) mass is 320 g/mol. The molecule has 1 aromatic carbocycles. The van der Waals surface area contributed by atoms with Crippen LogP contribution in [0.4, 0.5) is 0 Å². The summed E-state index contributed by atoms with van der Waals surface area (Å²) in [5, 5.41) is 3.53. The first kappa shape index (κ1) is 14.8. The Bertz CT molecular complexity index is 782. The van der Waals surface area contributed by atoms with Crippen LogP contribution in [0, 0.1) is 0 Å². The van der Waals surface area contributed by atoms with E-state index in [1.54, 1.807) is 12.1 Å². The highest BCUT2D eigenvalue weighted by molar-refractivity contribution is 7.89. The van der Waals surface area contributed by atoms with E-state index in [1.165, 1.54) is 17.9 Å². The van der Waals surface area contributed by atoms with Crippen molar-refractivity contribution in [1.82, 2.24) is 9.88 Å². The molecule has 22 heavy (non-hydrogen) atoms. The lowest BCUT2D eigenvalue weighted by Gasteiger charge is -2.16. The van der Waals surface area contributed by atoms with Gasteiger partial charge in [-0.2, -0.15) is 0 Å². The minimum absolute atomic E-state index is 0.255. The third kappa shape index (κ3) is 3.36. The van der Waals surface area contributed by atoms with Crippen LogP contribution < -0.4 is 4.72 Å². The van der Waals surface area contributed by atoms with Crippen LogP contribution in [0.25, 0.3) is 0 Å². The highest BCUT2D eigenvalue weighted by Gasteiger charge is 2.19. The Kier molecular flexibility index (Phi) is 3.98. The molecule has 1 amide bonds. The minimum atomic E-state index is -3.80. The topological polar surface area (TPSA) is 89.3 Å². The van der Waals surface area contributed by atoms with Crippen LogP contribution in [0.3, 0.4) is 0 Å². The Morgan fingerprint density at radius 3 is 2.68 bits per heavy atom. The molecule has 1 aliphatic carbocycles. The first-order valence-corrected chi connectivity index (χ1v) is 8.75. The Balaban J connectivity index is 1.74. The number of carbonyl (C=O) groups excluding carboxylic acids is 1. The molecule has 1 heterocycles. The van der Waals surface area contributed by atoms with Crippen molar-refractivity contribution in [2.75, 3.05) is 0 Å². The van der Waals surface area contributed by atoms with Crippen molar-refractivity contribution in [2.24, 2.45) is 0 Å². The zero-order valence-electron chi connectivity index (χ0n) is 11.9. The molecule has 6 nitrogen and oxygen atoms in total. The molecule has 1 aromatic heterocycles. The maximum Gasteiger partial charge on any atom is 0.264 e. The fraction of sp³-hybridized carbons (Fsp3) is 0.333. The van der Waals surface area contributed by atoms with E-state index in [9.17, 15) is 13.2 Å². The van der Waals surface area contributed by atoms with E-state index in [1.807, 2.05) is 6.07 Å². The number of sulfonamides is 1. The third-order valence-corrected chi connectivity index (χ3v) is 4.86. The first-order valence-electron chi connectivity index (χ1n) is 7.09. The molecule has 0 bridgehead atoms. The van der Waals surface area contributed by atoms with Crippen molar-refractivity contribution in [3.05, 3.63) is 52.9 Å². The minimum Gasteiger partial charge on any atom is -0.364 e. The quantitative estimate of drug-likeness (QED) is 0.928. The Morgan fingerprint density at radius 2 is 1.95 bits per heavy atom. The fourth-order valence-electron chi connectivity index (χ4n) is 2.62. The lowest BCUT2D eigenvalue weighted by molar-refractivity contribution is 0.0981. The second-order valence-corrected chi connectivity index (χ2v) is 7.09. The van der Waals surface area contributed by atoms with Gasteiger partial charge >= 0.3 is 0 Å². The number of nitrogens with one attached hydrogen (secondary N) is 1. The Labute approximate surface area is 128 Å². The summed E-state index contributed by atoms with van der Waals surface area (Å²) in [5.41, 5.74) is 3.00. The maximum absolute atomic E-state index is 12.1. The Hall–Kier alpha value is -2.15. The number of hydrogen-bond acceptors (Lipinski definition) is 5. The number of nitrogens with zero attached hydrogens (tertiary/aromatic N) is 1. The molecule has 3 rings (SSSR count). The molecule has 0 atom stereocenters. The SMILES string of the molecule is O=C(NS(=O)(=O)Cc1ccon1)c1ccc2c(c1)CCCC2. The zero-order chi connectivity index (χ0) is 15.6. The molecule has 0 saturated carbocycles. The molecular formula is C15H16N2O4S. The summed E-state index contributed by atoms with van der Waals surface area (Å²) >= 11 is 0.